The number of aliphatic hydroxyl groups excluding tert-OH is 1. The van der Waals surface area contributed by atoms with Gasteiger partial charge in [-0.1, -0.05) is 91.0 Å². The molecule has 8 heteroatoms. The highest BCUT2D eigenvalue weighted by Crippen LogP contribution is 2.28. The Morgan fingerprint density at radius 3 is 1.86 bits per heavy atom. The van der Waals surface area contributed by atoms with Gasteiger partial charge in [-0.05, 0) is 15.6 Å². The number of aliphatic hydroxyl groups is 1. The summed E-state index contributed by atoms with van der Waals surface area (Å²) in [5, 5.41) is 14.0. The van der Waals surface area contributed by atoms with Gasteiger partial charge in [0.05, 0.1) is 12.7 Å². The molecule has 0 saturated carbocycles. The van der Waals surface area contributed by atoms with Crippen LogP contribution in [0.4, 0.5) is 0 Å². The maximum atomic E-state index is 12.2. The average molecular weight is 487 g/mol. The molecule has 1 aliphatic rings. The van der Waals surface area contributed by atoms with Crippen LogP contribution >= 0.6 is 0 Å². The van der Waals surface area contributed by atoms with Crippen LogP contribution < -0.4 is 26.8 Å². The third-order valence-electron chi connectivity index (χ3n) is 6.37. The van der Waals surface area contributed by atoms with Gasteiger partial charge in [0.15, 0.2) is 0 Å². The van der Waals surface area contributed by atoms with Crippen molar-refractivity contribution in [2.24, 2.45) is 0 Å². The van der Waals surface area contributed by atoms with Crippen LogP contribution in [0.2, 0.25) is 0 Å². The molecule has 0 radical (unpaired) electrons. The van der Waals surface area contributed by atoms with Gasteiger partial charge in [-0.3, -0.25) is 14.3 Å². The van der Waals surface area contributed by atoms with Gasteiger partial charge < -0.3 is 14.3 Å². The molecule has 1 aromatic heterocycles. The van der Waals surface area contributed by atoms with E-state index in [2.05, 4.69) is 41.4 Å². The van der Waals surface area contributed by atoms with Gasteiger partial charge in [0.25, 0.3) is 13.9 Å². The molecule has 1 fully saturated rings. The highest BCUT2D eigenvalue weighted by molar-refractivity contribution is 7.07. The monoisotopic (exact) mass is 486 g/mol. The third kappa shape index (κ3) is 4.56. The van der Waals surface area contributed by atoms with E-state index in [4.69, 9.17) is 9.16 Å². The Labute approximate surface area is 203 Å². The molecule has 178 valence electrons. The molecule has 2 N–H and O–H groups in total. The zero-order valence-corrected chi connectivity index (χ0v) is 20.0. The number of nitrogens with one attached hydrogen (secondary N) is 1. The summed E-state index contributed by atoms with van der Waals surface area (Å²) in [5.74, 6) is 0. The lowest BCUT2D eigenvalue weighted by molar-refractivity contribution is -0.0416. The topological polar surface area (TPSA) is 93.6 Å². The van der Waals surface area contributed by atoms with Crippen LogP contribution in [-0.2, 0) is 9.16 Å². The van der Waals surface area contributed by atoms with Crippen molar-refractivity contribution < 1.29 is 14.3 Å². The maximum Gasteiger partial charge on any atom is 0.330 e. The van der Waals surface area contributed by atoms with E-state index >= 15 is 0 Å². The molecule has 2 heterocycles. The van der Waals surface area contributed by atoms with Crippen LogP contribution in [0.3, 0.4) is 0 Å². The number of H-pyrrole nitrogens is 1. The minimum absolute atomic E-state index is 0.140. The molecule has 35 heavy (non-hydrogen) atoms. The second kappa shape index (κ2) is 9.97. The zero-order valence-electron chi connectivity index (χ0n) is 19.0. The Morgan fingerprint density at radius 1 is 0.857 bits per heavy atom. The van der Waals surface area contributed by atoms with E-state index in [1.54, 1.807) is 0 Å². The first-order chi connectivity index (χ1) is 17.1. The molecule has 5 rings (SSSR count). The second-order valence-electron chi connectivity index (χ2n) is 8.54. The van der Waals surface area contributed by atoms with Gasteiger partial charge in [-0.2, -0.15) is 0 Å². The molecule has 7 nitrogen and oxygen atoms in total. The average Bonchev–Trinajstić information content (AvgIpc) is 3.26. The van der Waals surface area contributed by atoms with Crippen molar-refractivity contribution >= 4 is 23.9 Å². The van der Waals surface area contributed by atoms with Gasteiger partial charge in [-0.15, -0.1) is 0 Å². The highest BCUT2D eigenvalue weighted by Gasteiger charge is 2.44. The van der Waals surface area contributed by atoms with E-state index < -0.39 is 38.0 Å². The van der Waals surface area contributed by atoms with Gasteiger partial charge >= 0.3 is 5.69 Å². The fourth-order valence-corrected chi connectivity index (χ4v) is 8.57. The summed E-state index contributed by atoms with van der Waals surface area (Å²) in [6.45, 7) is 0.140. The van der Waals surface area contributed by atoms with Crippen molar-refractivity contribution in [3.8, 4) is 0 Å². The number of rotatable bonds is 7. The summed E-state index contributed by atoms with van der Waals surface area (Å²) in [7, 11) is -2.95. The number of aromatic nitrogens is 2. The summed E-state index contributed by atoms with van der Waals surface area (Å²) in [5.41, 5.74) is -1.05. The van der Waals surface area contributed by atoms with Crippen LogP contribution in [0.15, 0.2) is 113 Å². The molecule has 1 saturated heterocycles. The molecule has 0 bridgehead atoms. The van der Waals surface area contributed by atoms with Crippen LogP contribution in [0.25, 0.3) is 0 Å². The van der Waals surface area contributed by atoms with Crippen molar-refractivity contribution in [3.05, 3.63) is 124 Å². The lowest BCUT2D eigenvalue weighted by Crippen LogP contribution is -2.70. The fourth-order valence-electron chi connectivity index (χ4n) is 4.67. The molecule has 4 aromatic rings. The molecular weight excluding hydrogens is 460 g/mol. The van der Waals surface area contributed by atoms with E-state index in [0.717, 1.165) is 15.6 Å². The molecule has 3 aromatic carbocycles. The second-order valence-corrected chi connectivity index (χ2v) is 11.9. The first kappa shape index (κ1) is 23.2. The maximum absolute atomic E-state index is 12.2. The zero-order chi connectivity index (χ0) is 24.3. The normalized spacial score (nSPS) is 20.1. The Morgan fingerprint density at radius 2 is 1.37 bits per heavy atom. The molecule has 3 atom stereocenters. The standard InChI is InChI=1S/C27H26N2O5Si/c30-23-18-26(29-17-16-25(31)28-27(29)32)34-24(23)19-33-35(20-10-4-1-5-11-20,21-12-6-2-7-13-21)22-14-8-3-9-15-22/h1-17,23-24,26,30H,18-19H2,(H,28,31,32)/t23-,24-,26-/m1/s1. The first-order valence-electron chi connectivity index (χ1n) is 11.5. The largest absolute Gasteiger partial charge is 0.401 e. The fraction of sp³-hybridized carbons (Fsp3) is 0.185. The number of benzene rings is 3. The number of nitrogens with zero attached hydrogens (tertiary/aromatic N) is 1. The Hall–Kier alpha value is -3.56. The minimum atomic E-state index is -2.95. The summed E-state index contributed by atoms with van der Waals surface area (Å²) in [6, 6.07) is 31.7. The minimum Gasteiger partial charge on any atom is -0.401 e. The Balaban J connectivity index is 1.50. The van der Waals surface area contributed by atoms with E-state index in [0.29, 0.717) is 0 Å². The van der Waals surface area contributed by atoms with Crippen molar-refractivity contribution in [1.29, 1.82) is 0 Å². The summed E-state index contributed by atoms with van der Waals surface area (Å²) in [4.78, 5) is 25.9. The van der Waals surface area contributed by atoms with Gasteiger partial charge in [0.2, 0.25) is 0 Å². The number of hydrogen-bond donors (Lipinski definition) is 2. The van der Waals surface area contributed by atoms with E-state index in [1.807, 2.05) is 54.6 Å². The third-order valence-corrected chi connectivity index (χ3v) is 10.4. The number of hydrogen-bond acceptors (Lipinski definition) is 5. The quantitative estimate of drug-likeness (QED) is 0.299. The summed E-state index contributed by atoms with van der Waals surface area (Å²) >= 11 is 0. The van der Waals surface area contributed by atoms with Gasteiger partial charge in [-0.25, -0.2) is 4.79 Å². The van der Waals surface area contributed by atoms with Crippen LogP contribution in [0.5, 0.6) is 0 Å². The van der Waals surface area contributed by atoms with E-state index in [-0.39, 0.29) is 13.0 Å². The molecule has 0 aliphatic carbocycles. The highest BCUT2D eigenvalue weighted by atomic mass is 28.4. The van der Waals surface area contributed by atoms with Crippen LogP contribution in [-0.4, -0.2) is 41.8 Å². The van der Waals surface area contributed by atoms with Gasteiger partial charge in [0.1, 0.15) is 12.3 Å². The first-order valence-corrected chi connectivity index (χ1v) is 13.4. The summed E-state index contributed by atoms with van der Waals surface area (Å²) in [6.07, 6.45) is -0.547. The van der Waals surface area contributed by atoms with Crippen molar-refractivity contribution in [1.82, 2.24) is 9.55 Å². The molecule has 0 unspecified atom stereocenters. The van der Waals surface area contributed by atoms with Crippen LogP contribution in [0.1, 0.15) is 12.6 Å². The van der Waals surface area contributed by atoms with Crippen molar-refractivity contribution in [3.63, 3.8) is 0 Å². The van der Waals surface area contributed by atoms with Gasteiger partial charge in [0, 0.05) is 18.7 Å². The molecule has 0 amide bonds. The van der Waals surface area contributed by atoms with E-state index in [9.17, 15) is 14.7 Å². The van der Waals surface area contributed by atoms with Crippen LogP contribution in [0, 0.1) is 0 Å². The SMILES string of the molecule is O=c1ccn([C@H]2C[C@@H](O)[C@@H](CO[Si](c3ccccc3)(c3ccccc3)c3ccccc3)O2)c(=O)[nH]1. The Bertz CT molecular complexity index is 1280. The molecular formula is C27H26N2O5Si. The predicted molar refractivity (Wildman–Crippen MR) is 136 cm³/mol. The summed E-state index contributed by atoms with van der Waals surface area (Å²) < 4.78 is 14.2. The smallest absolute Gasteiger partial charge is 0.330 e. The number of ether oxygens (including phenoxy) is 1. The predicted octanol–water partition coefficient (Wildman–Crippen LogP) is 0.869. The Kier molecular flexibility index (Phi) is 6.61. The molecule has 1 aliphatic heterocycles. The lowest BCUT2D eigenvalue weighted by Gasteiger charge is -2.34. The molecule has 0 spiro atoms. The number of aromatic amines is 1. The van der Waals surface area contributed by atoms with Crippen molar-refractivity contribution in [2.45, 2.75) is 24.9 Å². The van der Waals surface area contributed by atoms with Crippen molar-refractivity contribution in [2.75, 3.05) is 6.61 Å². The van der Waals surface area contributed by atoms with E-state index in [1.165, 1.54) is 16.8 Å². The lowest BCUT2D eigenvalue weighted by atomic mass is 10.2.